The van der Waals surface area contributed by atoms with Gasteiger partial charge in [-0.2, -0.15) is 16.9 Å². The van der Waals surface area contributed by atoms with Gasteiger partial charge < -0.3 is 5.11 Å². The van der Waals surface area contributed by atoms with E-state index in [4.69, 9.17) is 5.11 Å². The summed E-state index contributed by atoms with van der Waals surface area (Å²) in [4.78, 5) is 0. The topological polar surface area (TPSA) is 38.0 Å². The minimum absolute atomic E-state index is 0.267. The van der Waals surface area contributed by atoms with Crippen molar-refractivity contribution in [3.63, 3.8) is 0 Å². The molecule has 4 heteroatoms. The SMILES string of the molecule is Cc1nn(C2CCSC2)c(C)c1CCCO. The highest BCUT2D eigenvalue weighted by molar-refractivity contribution is 7.99. The first-order valence-electron chi connectivity index (χ1n) is 5.97. The lowest BCUT2D eigenvalue weighted by atomic mass is 10.1. The van der Waals surface area contributed by atoms with Gasteiger partial charge in [0.25, 0.3) is 0 Å². The molecule has 1 atom stereocenters. The summed E-state index contributed by atoms with van der Waals surface area (Å²) in [6.07, 6.45) is 3.03. The van der Waals surface area contributed by atoms with Gasteiger partial charge in [0.15, 0.2) is 0 Å². The Hall–Kier alpha value is -0.480. The van der Waals surface area contributed by atoms with Crippen LogP contribution in [0.1, 0.15) is 35.8 Å². The number of aliphatic hydroxyl groups is 1. The van der Waals surface area contributed by atoms with Gasteiger partial charge in [-0.1, -0.05) is 0 Å². The number of aromatic nitrogens is 2. The second kappa shape index (κ2) is 5.23. The van der Waals surface area contributed by atoms with Gasteiger partial charge >= 0.3 is 0 Å². The Morgan fingerprint density at radius 2 is 2.31 bits per heavy atom. The van der Waals surface area contributed by atoms with E-state index in [9.17, 15) is 0 Å². The van der Waals surface area contributed by atoms with Crippen LogP contribution in [-0.4, -0.2) is 33.0 Å². The van der Waals surface area contributed by atoms with E-state index in [1.807, 2.05) is 11.8 Å². The van der Waals surface area contributed by atoms with Crippen LogP contribution in [0.2, 0.25) is 0 Å². The van der Waals surface area contributed by atoms with Crippen molar-refractivity contribution in [1.82, 2.24) is 9.78 Å². The Balaban J connectivity index is 2.19. The van der Waals surface area contributed by atoms with E-state index in [2.05, 4.69) is 23.6 Å². The maximum atomic E-state index is 8.90. The van der Waals surface area contributed by atoms with Crippen LogP contribution in [0.25, 0.3) is 0 Å². The summed E-state index contributed by atoms with van der Waals surface area (Å²) in [6, 6.07) is 0.589. The van der Waals surface area contributed by atoms with Gasteiger partial charge in [-0.3, -0.25) is 4.68 Å². The lowest BCUT2D eigenvalue weighted by Crippen LogP contribution is -2.11. The molecule has 0 aromatic carbocycles. The van der Waals surface area contributed by atoms with Crippen LogP contribution in [0, 0.1) is 13.8 Å². The van der Waals surface area contributed by atoms with Gasteiger partial charge in [-0.15, -0.1) is 0 Å². The number of rotatable bonds is 4. The smallest absolute Gasteiger partial charge is 0.0628 e. The normalized spacial score (nSPS) is 20.6. The second-order valence-electron chi connectivity index (χ2n) is 4.44. The monoisotopic (exact) mass is 240 g/mol. The first-order valence-corrected chi connectivity index (χ1v) is 7.12. The van der Waals surface area contributed by atoms with Crippen LogP contribution in [0.5, 0.6) is 0 Å². The zero-order valence-corrected chi connectivity index (χ0v) is 10.9. The molecule has 1 unspecified atom stereocenters. The third kappa shape index (κ3) is 2.28. The summed E-state index contributed by atoms with van der Waals surface area (Å²) in [5.74, 6) is 2.45. The molecular weight excluding hydrogens is 220 g/mol. The second-order valence-corrected chi connectivity index (χ2v) is 5.59. The number of aryl methyl sites for hydroxylation is 1. The number of nitrogens with zero attached hydrogens (tertiary/aromatic N) is 2. The summed E-state index contributed by atoms with van der Waals surface area (Å²) in [7, 11) is 0. The molecule has 1 aromatic heterocycles. The zero-order chi connectivity index (χ0) is 11.5. The number of hydrogen-bond donors (Lipinski definition) is 1. The molecule has 1 aliphatic rings. The van der Waals surface area contributed by atoms with Crippen LogP contribution >= 0.6 is 11.8 Å². The standard InChI is InChI=1S/C12H20N2OS/c1-9-12(4-3-6-15)10(2)14(13-9)11-5-7-16-8-11/h11,15H,3-8H2,1-2H3. The Labute approximate surface area is 101 Å². The molecule has 0 spiro atoms. The lowest BCUT2D eigenvalue weighted by molar-refractivity contribution is 0.288. The van der Waals surface area contributed by atoms with E-state index in [0.717, 1.165) is 18.5 Å². The summed E-state index contributed by atoms with van der Waals surface area (Å²) < 4.78 is 2.21. The molecule has 1 fully saturated rings. The number of hydrogen-bond acceptors (Lipinski definition) is 3. The Morgan fingerprint density at radius 3 is 2.94 bits per heavy atom. The molecule has 1 aliphatic heterocycles. The highest BCUT2D eigenvalue weighted by Gasteiger charge is 2.22. The quantitative estimate of drug-likeness (QED) is 0.876. The van der Waals surface area contributed by atoms with Crippen LogP contribution < -0.4 is 0 Å². The molecule has 1 aromatic rings. The third-order valence-electron chi connectivity index (χ3n) is 3.31. The van der Waals surface area contributed by atoms with Crippen LogP contribution in [0.3, 0.4) is 0 Å². The number of thioether (sulfide) groups is 1. The van der Waals surface area contributed by atoms with Crippen molar-refractivity contribution in [3.8, 4) is 0 Å². The Bertz CT molecular complexity index is 356. The molecule has 2 heterocycles. The number of aliphatic hydroxyl groups excluding tert-OH is 1. The van der Waals surface area contributed by atoms with E-state index < -0.39 is 0 Å². The lowest BCUT2D eigenvalue weighted by Gasteiger charge is -2.11. The van der Waals surface area contributed by atoms with Crippen LogP contribution in [0.15, 0.2) is 0 Å². The Kier molecular flexibility index (Phi) is 3.92. The van der Waals surface area contributed by atoms with Crippen LogP contribution in [-0.2, 0) is 6.42 Å². The van der Waals surface area contributed by atoms with E-state index in [1.54, 1.807) is 0 Å². The van der Waals surface area contributed by atoms with E-state index >= 15 is 0 Å². The molecule has 1 N–H and O–H groups in total. The van der Waals surface area contributed by atoms with Crippen molar-refractivity contribution in [1.29, 1.82) is 0 Å². The predicted molar refractivity (Wildman–Crippen MR) is 68.1 cm³/mol. The first kappa shape index (κ1) is 12.0. The molecule has 0 bridgehead atoms. The zero-order valence-electron chi connectivity index (χ0n) is 10.1. The minimum atomic E-state index is 0.267. The Morgan fingerprint density at radius 1 is 1.50 bits per heavy atom. The minimum Gasteiger partial charge on any atom is -0.396 e. The fourth-order valence-corrected chi connectivity index (χ4v) is 3.57. The molecule has 2 rings (SSSR count). The third-order valence-corrected chi connectivity index (χ3v) is 4.46. The van der Waals surface area contributed by atoms with Crippen molar-refractivity contribution < 1.29 is 5.11 Å². The highest BCUT2D eigenvalue weighted by Crippen LogP contribution is 2.30. The summed E-state index contributed by atoms with van der Waals surface area (Å²) in [5, 5.41) is 13.6. The van der Waals surface area contributed by atoms with Gasteiger partial charge in [0.1, 0.15) is 0 Å². The molecule has 90 valence electrons. The molecule has 0 saturated carbocycles. The molecule has 16 heavy (non-hydrogen) atoms. The molecule has 0 amide bonds. The van der Waals surface area contributed by atoms with Gasteiger partial charge in [-0.25, -0.2) is 0 Å². The van der Waals surface area contributed by atoms with Crippen LogP contribution in [0.4, 0.5) is 0 Å². The summed E-state index contributed by atoms with van der Waals surface area (Å²) >= 11 is 2.02. The molecule has 0 aliphatic carbocycles. The average molecular weight is 240 g/mol. The van der Waals surface area contributed by atoms with Gasteiger partial charge in [0.2, 0.25) is 0 Å². The van der Waals surface area contributed by atoms with Gasteiger partial charge in [-0.05, 0) is 44.4 Å². The fraction of sp³-hybridized carbons (Fsp3) is 0.750. The maximum absolute atomic E-state index is 8.90. The predicted octanol–water partition coefficient (Wildman–Crippen LogP) is 2.10. The van der Waals surface area contributed by atoms with E-state index in [1.165, 1.54) is 29.2 Å². The molecule has 1 saturated heterocycles. The molecule has 0 radical (unpaired) electrons. The molecule has 3 nitrogen and oxygen atoms in total. The van der Waals surface area contributed by atoms with E-state index in [-0.39, 0.29) is 6.61 Å². The van der Waals surface area contributed by atoms with Crippen molar-refractivity contribution in [2.75, 3.05) is 18.1 Å². The fourth-order valence-electron chi connectivity index (χ4n) is 2.39. The van der Waals surface area contributed by atoms with Crippen molar-refractivity contribution in [2.24, 2.45) is 0 Å². The largest absolute Gasteiger partial charge is 0.396 e. The first-order chi connectivity index (χ1) is 7.74. The molecular formula is C12H20N2OS. The maximum Gasteiger partial charge on any atom is 0.0628 e. The van der Waals surface area contributed by atoms with Gasteiger partial charge in [0.05, 0.1) is 11.7 Å². The van der Waals surface area contributed by atoms with Crippen molar-refractivity contribution >= 4 is 11.8 Å². The average Bonchev–Trinajstić information content (AvgIpc) is 2.86. The van der Waals surface area contributed by atoms with Gasteiger partial charge in [0, 0.05) is 18.1 Å². The van der Waals surface area contributed by atoms with Crippen molar-refractivity contribution in [3.05, 3.63) is 17.0 Å². The van der Waals surface area contributed by atoms with Crippen molar-refractivity contribution in [2.45, 2.75) is 39.2 Å². The van der Waals surface area contributed by atoms with E-state index in [0.29, 0.717) is 6.04 Å². The highest BCUT2D eigenvalue weighted by atomic mass is 32.2. The summed E-state index contributed by atoms with van der Waals surface area (Å²) in [5.41, 5.74) is 3.78. The summed E-state index contributed by atoms with van der Waals surface area (Å²) in [6.45, 7) is 4.51.